The fourth-order valence-corrected chi connectivity index (χ4v) is 4.85. The first kappa shape index (κ1) is 20.2. The Morgan fingerprint density at radius 1 is 0.969 bits per heavy atom. The molecule has 0 unspecified atom stereocenters. The second kappa shape index (κ2) is 7.78. The number of aliphatic hydroxyl groups is 1. The average molecular weight is 463 g/mol. The molecule has 6 nitrogen and oxygen atoms in total. The molecule has 8 heteroatoms. The fourth-order valence-electron chi connectivity index (χ4n) is 3.73. The Labute approximate surface area is 191 Å². The molecule has 1 amide bonds. The van der Waals surface area contributed by atoms with Gasteiger partial charge in [-0.2, -0.15) is 0 Å². The molecule has 0 spiro atoms. The zero-order chi connectivity index (χ0) is 22.4. The number of carbonyl (C=O) groups is 2. The summed E-state index contributed by atoms with van der Waals surface area (Å²) in [4.78, 5) is 32.1. The van der Waals surface area contributed by atoms with Gasteiger partial charge in [-0.15, -0.1) is 0 Å². The first-order valence-corrected chi connectivity index (χ1v) is 10.8. The number of halogens is 1. The molecular weight excluding hydrogens is 448 g/mol. The topological polar surface area (TPSA) is 90.7 Å². The smallest absolute Gasteiger partial charge is 0.301 e. The van der Waals surface area contributed by atoms with E-state index in [4.69, 9.17) is 11.6 Å². The molecule has 1 aliphatic heterocycles. The highest BCUT2D eigenvalue weighted by Gasteiger charge is 2.48. The molecule has 0 radical (unpaired) electrons. The normalized spacial score (nSPS) is 17.9. The second-order valence-corrected chi connectivity index (χ2v) is 8.68. The third-order valence-electron chi connectivity index (χ3n) is 5.26. The molecule has 32 heavy (non-hydrogen) atoms. The van der Waals surface area contributed by atoms with Crippen molar-refractivity contribution < 1.29 is 19.8 Å². The number of phenols is 1. The van der Waals surface area contributed by atoms with E-state index in [1.54, 1.807) is 36.4 Å². The summed E-state index contributed by atoms with van der Waals surface area (Å²) in [6.07, 6.45) is 0. The molecule has 2 N–H and O–H groups in total. The molecular formula is C24H15ClN2O4S. The molecule has 0 saturated carbocycles. The average Bonchev–Trinajstić information content (AvgIpc) is 3.33. The molecule has 1 atom stereocenters. The summed E-state index contributed by atoms with van der Waals surface area (Å²) in [6.45, 7) is 0. The Balaban J connectivity index is 1.73. The Morgan fingerprint density at radius 2 is 1.66 bits per heavy atom. The summed E-state index contributed by atoms with van der Waals surface area (Å²) >= 11 is 7.24. The van der Waals surface area contributed by atoms with Crippen molar-refractivity contribution in [2.45, 2.75) is 6.04 Å². The summed E-state index contributed by atoms with van der Waals surface area (Å²) in [7, 11) is 0. The van der Waals surface area contributed by atoms with Crippen LogP contribution >= 0.6 is 22.9 Å². The van der Waals surface area contributed by atoms with E-state index in [-0.39, 0.29) is 17.1 Å². The van der Waals surface area contributed by atoms with E-state index in [9.17, 15) is 19.8 Å². The van der Waals surface area contributed by atoms with E-state index in [0.29, 0.717) is 26.8 Å². The highest BCUT2D eigenvalue weighted by Crippen LogP contribution is 2.44. The van der Waals surface area contributed by atoms with E-state index in [1.165, 1.54) is 28.4 Å². The minimum absolute atomic E-state index is 0.0448. The van der Waals surface area contributed by atoms with Crippen LogP contribution in [0.1, 0.15) is 17.2 Å². The van der Waals surface area contributed by atoms with Crippen molar-refractivity contribution in [3.05, 3.63) is 94.5 Å². The predicted octanol–water partition coefficient (Wildman–Crippen LogP) is 5.28. The number of Topliss-reactive ketones (excluding diaryl/α,β-unsaturated/α-hetero) is 1. The van der Waals surface area contributed by atoms with Crippen molar-refractivity contribution in [1.82, 2.24) is 4.98 Å². The lowest BCUT2D eigenvalue weighted by Crippen LogP contribution is -2.29. The van der Waals surface area contributed by atoms with Crippen LogP contribution in [-0.2, 0) is 9.59 Å². The third-order valence-corrected chi connectivity index (χ3v) is 6.55. The van der Waals surface area contributed by atoms with Gasteiger partial charge in [0.2, 0.25) is 0 Å². The monoisotopic (exact) mass is 462 g/mol. The van der Waals surface area contributed by atoms with Gasteiger partial charge in [0, 0.05) is 10.6 Å². The SMILES string of the molecule is O=C1C(=O)N(c2nc3ccccc3s2)[C@H](c2ccc(O)cc2)C1=C(O)c1ccc(Cl)cc1. The first-order chi connectivity index (χ1) is 15.4. The molecule has 1 aliphatic rings. The van der Waals surface area contributed by atoms with Gasteiger partial charge in [0.15, 0.2) is 5.13 Å². The Morgan fingerprint density at radius 3 is 2.34 bits per heavy atom. The summed E-state index contributed by atoms with van der Waals surface area (Å²) in [5.41, 5.74) is 1.57. The number of aromatic nitrogens is 1. The Kier molecular flexibility index (Phi) is 4.92. The number of fused-ring (bicyclic) bond motifs is 1. The number of rotatable bonds is 3. The molecule has 4 aromatic rings. The quantitative estimate of drug-likeness (QED) is 0.245. The number of carbonyl (C=O) groups excluding carboxylic acids is 2. The van der Waals surface area contributed by atoms with Gasteiger partial charge in [-0.1, -0.05) is 47.2 Å². The maximum absolute atomic E-state index is 13.2. The number of anilines is 1. The van der Waals surface area contributed by atoms with E-state index < -0.39 is 17.7 Å². The number of thiazole rings is 1. The zero-order valence-corrected chi connectivity index (χ0v) is 18.0. The largest absolute Gasteiger partial charge is 0.508 e. The molecule has 2 heterocycles. The number of ketones is 1. The maximum Gasteiger partial charge on any atom is 0.301 e. The number of nitrogens with zero attached hydrogens (tertiary/aromatic N) is 2. The van der Waals surface area contributed by atoms with Gasteiger partial charge in [0.25, 0.3) is 5.78 Å². The lowest BCUT2D eigenvalue weighted by Gasteiger charge is -2.23. The minimum Gasteiger partial charge on any atom is -0.508 e. The number of benzene rings is 3. The third kappa shape index (κ3) is 3.32. The summed E-state index contributed by atoms with van der Waals surface area (Å²) < 4.78 is 0.867. The molecule has 3 aromatic carbocycles. The van der Waals surface area contributed by atoms with Gasteiger partial charge in [-0.3, -0.25) is 14.5 Å². The fraction of sp³-hybridized carbons (Fsp3) is 0.0417. The standard InChI is InChI=1S/C24H15ClN2O4S/c25-15-9-5-14(6-10-15)21(29)19-20(13-7-11-16(28)12-8-13)27(23(31)22(19)30)24-26-17-3-1-2-4-18(17)32-24/h1-12,20,28-29H/t20-/m1/s1. The Bertz CT molecular complexity index is 1360. The van der Waals surface area contributed by atoms with Gasteiger partial charge in [0.1, 0.15) is 11.5 Å². The number of aliphatic hydroxyl groups excluding tert-OH is 1. The molecule has 0 aliphatic carbocycles. The van der Waals surface area contributed by atoms with Crippen LogP contribution in [0.3, 0.4) is 0 Å². The minimum atomic E-state index is -0.910. The molecule has 1 aromatic heterocycles. The number of amides is 1. The number of hydrogen-bond acceptors (Lipinski definition) is 6. The number of phenolic OH excluding ortho intramolecular Hbond substituents is 1. The van der Waals surface area contributed by atoms with Crippen LogP contribution in [-0.4, -0.2) is 26.9 Å². The number of aromatic hydroxyl groups is 1. The Hall–Kier alpha value is -3.68. The molecule has 1 fully saturated rings. The van der Waals surface area contributed by atoms with Crippen LogP contribution in [0.2, 0.25) is 5.02 Å². The van der Waals surface area contributed by atoms with Gasteiger partial charge in [-0.05, 0) is 54.1 Å². The zero-order valence-electron chi connectivity index (χ0n) is 16.4. The summed E-state index contributed by atoms with van der Waals surface area (Å²) in [5.74, 6) is -1.85. The van der Waals surface area contributed by atoms with Crippen molar-refractivity contribution in [2.24, 2.45) is 0 Å². The van der Waals surface area contributed by atoms with Crippen LogP contribution in [0.25, 0.3) is 16.0 Å². The van der Waals surface area contributed by atoms with Crippen molar-refractivity contribution in [2.75, 3.05) is 4.90 Å². The van der Waals surface area contributed by atoms with Crippen molar-refractivity contribution in [3.8, 4) is 5.75 Å². The lowest BCUT2D eigenvalue weighted by molar-refractivity contribution is -0.132. The number of para-hydroxylation sites is 1. The summed E-state index contributed by atoms with van der Waals surface area (Å²) in [6, 6.07) is 19.0. The lowest BCUT2D eigenvalue weighted by atomic mass is 9.95. The van der Waals surface area contributed by atoms with Gasteiger partial charge >= 0.3 is 5.91 Å². The highest BCUT2D eigenvalue weighted by atomic mass is 35.5. The van der Waals surface area contributed by atoms with Gasteiger partial charge < -0.3 is 10.2 Å². The molecule has 1 saturated heterocycles. The molecule has 5 rings (SSSR count). The van der Waals surface area contributed by atoms with Crippen molar-refractivity contribution >= 4 is 55.7 Å². The molecule has 0 bridgehead atoms. The van der Waals surface area contributed by atoms with Crippen LogP contribution < -0.4 is 4.90 Å². The van der Waals surface area contributed by atoms with E-state index in [2.05, 4.69) is 4.98 Å². The van der Waals surface area contributed by atoms with Crippen LogP contribution in [0.15, 0.2) is 78.4 Å². The van der Waals surface area contributed by atoms with Crippen LogP contribution in [0.4, 0.5) is 5.13 Å². The van der Waals surface area contributed by atoms with E-state index >= 15 is 0 Å². The number of hydrogen-bond donors (Lipinski definition) is 2. The van der Waals surface area contributed by atoms with Crippen molar-refractivity contribution in [3.63, 3.8) is 0 Å². The van der Waals surface area contributed by atoms with Gasteiger partial charge in [-0.25, -0.2) is 4.98 Å². The van der Waals surface area contributed by atoms with Gasteiger partial charge in [0.05, 0.1) is 21.8 Å². The maximum atomic E-state index is 13.2. The van der Waals surface area contributed by atoms with Crippen LogP contribution in [0, 0.1) is 0 Å². The van der Waals surface area contributed by atoms with E-state index in [0.717, 1.165) is 4.70 Å². The first-order valence-electron chi connectivity index (χ1n) is 9.65. The predicted molar refractivity (Wildman–Crippen MR) is 124 cm³/mol. The van der Waals surface area contributed by atoms with Crippen molar-refractivity contribution in [1.29, 1.82) is 0 Å². The highest BCUT2D eigenvalue weighted by molar-refractivity contribution is 7.22. The summed E-state index contributed by atoms with van der Waals surface area (Å²) in [5, 5.41) is 21.6. The second-order valence-electron chi connectivity index (χ2n) is 7.23. The van der Waals surface area contributed by atoms with Crippen LogP contribution in [0.5, 0.6) is 5.75 Å². The molecule has 158 valence electrons. The van der Waals surface area contributed by atoms with E-state index in [1.807, 2.05) is 24.3 Å².